The zero-order chi connectivity index (χ0) is 19.3. The fourth-order valence-electron chi connectivity index (χ4n) is 4.04. The van der Waals surface area contributed by atoms with Gasteiger partial charge in [-0.15, -0.1) is 0 Å². The van der Waals surface area contributed by atoms with Crippen LogP contribution in [0.4, 0.5) is 0 Å². The maximum atomic E-state index is 4.01. The van der Waals surface area contributed by atoms with Gasteiger partial charge in [0.15, 0.2) is 0 Å². The number of nitrogens with zero attached hydrogens (tertiary/aromatic N) is 1. The molecule has 0 aliphatic carbocycles. The molecule has 0 radical (unpaired) electrons. The predicted octanol–water partition coefficient (Wildman–Crippen LogP) is 8.29. The van der Waals surface area contributed by atoms with Crippen molar-refractivity contribution in [1.29, 1.82) is 0 Å². The van der Waals surface area contributed by atoms with Crippen molar-refractivity contribution in [3.63, 3.8) is 0 Å². The van der Waals surface area contributed by atoms with E-state index in [9.17, 15) is 0 Å². The molecule has 0 spiro atoms. The lowest BCUT2D eigenvalue weighted by molar-refractivity contribution is -0.904. The molecule has 0 N–H and O–H groups in total. The number of unbranched alkanes of at least 4 members (excludes halogenated alkanes) is 15. The Bertz CT molecular complexity index is 286. The fourth-order valence-corrected chi connectivity index (χ4v) is 4.04. The lowest BCUT2D eigenvalue weighted by Gasteiger charge is -2.34. The van der Waals surface area contributed by atoms with Crippen LogP contribution < -0.4 is 0 Å². The molecule has 0 saturated heterocycles. The topological polar surface area (TPSA) is 0 Å². The molecule has 0 aliphatic heterocycles. The molecule has 156 valence electrons. The van der Waals surface area contributed by atoms with Crippen molar-refractivity contribution < 1.29 is 4.48 Å². The highest BCUT2D eigenvalue weighted by Gasteiger charge is 2.18. The van der Waals surface area contributed by atoms with Gasteiger partial charge in [-0.05, 0) is 31.8 Å². The van der Waals surface area contributed by atoms with Crippen LogP contribution in [-0.2, 0) is 0 Å². The van der Waals surface area contributed by atoms with Gasteiger partial charge in [-0.2, -0.15) is 0 Å². The maximum absolute atomic E-state index is 4.01. The van der Waals surface area contributed by atoms with Crippen LogP contribution in [0.2, 0.25) is 0 Å². The van der Waals surface area contributed by atoms with Gasteiger partial charge in [0.25, 0.3) is 0 Å². The summed E-state index contributed by atoms with van der Waals surface area (Å²) in [5.74, 6) is 0. The van der Waals surface area contributed by atoms with Crippen molar-refractivity contribution >= 4 is 0 Å². The zero-order valence-corrected chi connectivity index (χ0v) is 18.9. The monoisotopic (exact) mass is 366 g/mol. The average molecular weight is 367 g/mol. The van der Waals surface area contributed by atoms with Crippen LogP contribution in [0.5, 0.6) is 0 Å². The summed E-state index contributed by atoms with van der Waals surface area (Å²) in [5.41, 5.74) is 0. The van der Waals surface area contributed by atoms with E-state index < -0.39 is 0 Å². The largest absolute Gasteiger partial charge is 0.323 e. The molecule has 0 aromatic rings. The van der Waals surface area contributed by atoms with Crippen LogP contribution in [0, 0.1) is 0 Å². The Labute approximate surface area is 167 Å². The minimum Gasteiger partial charge on any atom is -0.323 e. The van der Waals surface area contributed by atoms with Gasteiger partial charge in [-0.1, -0.05) is 104 Å². The predicted molar refractivity (Wildman–Crippen MR) is 121 cm³/mol. The third-order valence-corrected chi connectivity index (χ3v) is 5.92. The summed E-state index contributed by atoms with van der Waals surface area (Å²) < 4.78 is 1.22. The van der Waals surface area contributed by atoms with Gasteiger partial charge >= 0.3 is 0 Å². The van der Waals surface area contributed by atoms with Crippen molar-refractivity contribution in [2.24, 2.45) is 0 Å². The summed E-state index contributed by atoms with van der Waals surface area (Å²) in [6, 6.07) is 0. The molecule has 0 rings (SSSR count). The van der Waals surface area contributed by atoms with E-state index in [0.29, 0.717) is 0 Å². The van der Waals surface area contributed by atoms with Gasteiger partial charge in [-0.3, -0.25) is 0 Å². The van der Waals surface area contributed by atoms with Gasteiger partial charge in [0.05, 0.1) is 26.7 Å². The number of quaternary nitrogens is 1. The van der Waals surface area contributed by atoms with Crippen molar-refractivity contribution in [1.82, 2.24) is 0 Å². The molecular formula is C25H52N+. The zero-order valence-electron chi connectivity index (χ0n) is 18.9. The molecule has 1 atom stereocenters. The maximum Gasteiger partial charge on any atom is 0.0969 e. The summed E-state index contributed by atoms with van der Waals surface area (Å²) in [6.45, 7) is 12.4. The van der Waals surface area contributed by atoms with Crippen molar-refractivity contribution in [3.8, 4) is 0 Å². The highest BCUT2D eigenvalue weighted by atomic mass is 15.3. The van der Waals surface area contributed by atoms with E-state index in [1.165, 1.54) is 127 Å². The minimum atomic E-state index is 1.15. The van der Waals surface area contributed by atoms with E-state index >= 15 is 0 Å². The quantitative estimate of drug-likeness (QED) is 0.109. The summed E-state index contributed by atoms with van der Waals surface area (Å²) in [5, 5.41) is 0. The van der Waals surface area contributed by atoms with Gasteiger partial charge < -0.3 is 4.48 Å². The molecule has 0 aliphatic rings. The molecular weight excluding hydrogens is 314 g/mol. The Morgan fingerprint density at radius 1 is 0.538 bits per heavy atom. The first-order valence-electron chi connectivity index (χ1n) is 12.1. The van der Waals surface area contributed by atoms with E-state index in [2.05, 4.69) is 33.6 Å². The van der Waals surface area contributed by atoms with Crippen LogP contribution in [0.1, 0.15) is 123 Å². The minimum absolute atomic E-state index is 1.15. The van der Waals surface area contributed by atoms with E-state index in [1.54, 1.807) is 0 Å². The fraction of sp³-hybridized carbons (Fsp3) is 0.920. The second-order valence-electron chi connectivity index (χ2n) is 8.84. The van der Waals surface area contributed by atoms with Crippen molar-refractivity contribution in [2.75, 3.05) is 26.7 Å². The Morgan fingerprint density at radius 2 is 0.846 bits per heavy atom. The van der Waals surface area contributed by atoms with Gasteiger partial charge in [0.2, 0.25) is 0 Å². The second kappa shape index (κ2) is 19.5. The summed E-state index contributed by atoms with van der Waals surface area (Å²) >= 11 is 0. The molecule has 0 bridgehead atoms. The highest BCUT2D eigenvalue weighted by Crippen LogP contribution is 2.15. The summed E-state index contributed by atoms with van der Waals surface area (Å²) in [4.78, 5) is 0. The third-order valence-electron chi connectivity index (χ3n) is 5.92. The molecule has 0 saturated carbocycles. The van der Waals surface area contributed by atoms with Gasteiger partial charge in [0, 0.05) is 0 Å². The first-order chi connectivity index (χ1) is 12.7. The molecule has 0 heterocycles. The molecule has 0 amide bonds. The average Bonchev–Trinajstić information content (AvgIpc) is 2.63. The van der Waals surface area contributed by atoms with E-state index in [0.717, 1.165) is 6.54 Å². The molecule has 0 aromatic carbocycles. The molecule has 26 heavy (non-hydrogen) atoms. The normalized spacial score (nSPS) is 13.7. The van der Waals surface area contributed by atoms with Crippen LogP contribution in [0.3, 0.4) is 0 Å². The van der Waals surface area contributed by atoms with Crippen LogP contribution in [0.25, 0.3) is 0 Å². The smallest absolute Gasteiger partial charge is 0.0969 e. The summed E-state index contributed by atoms with van der Waals surface area (Å²) in [7, 11) is 2.45. The first-order valence-corrected chi connectivity index (χ1v) is 12.1. The lowest BCUT2D eigenvalue weighted by atomic mass is 10.1. The third kappa shape index (κ3) is 17.1. The Morgan fingerprint density at radius 3 is 1.15 bits per heavy atom. The standard InChI is InChI=1S/C25H52N/c1-5-8-10-12-14-15-16-18-20-22-25-26(4,23-7-3)24-21-19-17-13-11-9-6-2/h7H,3,5-6,8-25H2,1-2,4H3/q+1. The molecule has 1 heteroatoms. The van der Waals surface area contributed by atoms with Crippen molar-refractivity contribution in [2.45, 2.75) is 123 Å². The molecule has 1 nitrogen and oxygen atoms in total. The molecule has 0 aromatic heterocycles. The highest BCUT2D eigenvalue weighted by molar-refractivity contribution is 4.65. The number of rotatable bonds is 21. The molecule has 1 unspecified atom stereocenters. The number of hydrogen-bond acceptors (Lipinski definition) is 0. The van der Waals surface area contributed by atoms with E-state index in [1.807, 2.05) is 0 Å². The first kappa shape index (κ1) is 25.7. The van der Waals surface area contributed by atoms with Crippen LogP contribution >= 0.6 is 0 Å². The van der Waals surface area contributed by atoms with Crippen molar-refractivity contribution in [3.05, 3.63) is 12.7 Å². The van der Waals surface area contributed by atoms with Crippen LogP contribution in [-0.4, -0.2) is 31.2 Å². The number of hydrogen-bond donors (Lipinski definition) is 0. The second-order valence-corrected chi connectivity index (χ2v) is 8.84. The Balaban J connectivity index is 3.64. The summed E-state index contributed by atoms with van der Waals surface area (Å²) in [6.07, 6.45) is 26.4. The van der Waals surface area contributed by atoms with Gasteiger partial charge in [0.1, 0.15) is 0 Å². The molecule has 0 fully saturated rings. The SMILES string of the molecule is C=CC[N+](C)(CCCCCCCCC)CCCCCCCCCCCC. The van der Waals surface area contributed by atoms with Gasteiger partial charge in [-0.25, -0.2) is 0 Å². The number of likely N-dealkylation sites (N-methyl/N-ethyl adjacent to an activating group) is 1. The van der Waals surface area contributed by atoms with E-state index in [-0.39, 0.29) is 0 Å². The Kier molecular flexibility index (Phi) is 19.2. The Hall–Kier alpha value is -0.300. The van der Waals surface area contributed by atoms with E-state index in [4.69, 9.17) is 0 Å². The lowest BCUT2D eigenvalue weighted by Crippen LogP contribution is -2.45. The van der Waals surface area contributed by atoms with Crippen LogP contribution in [0.15, 0.2) is 12.7 Å².